The van der Waals surface area contributed by atoms with Gasteiger partial charge in [0, 0.05) is 13.0 Å². The van der Waals surface area contributed by atoms with E-state index in [1.54, 1.807) is 18.2 Å². The smallest absolute Gasteiger partial charge is 0.326 e. The summed E-state index contributed by atoms with van der Waals surface area (Å²) in [4.78, 5) is 22.7. The van der Waals surface area contributed by atoms with Gasteiger partial charge in [-0.3, -0.25) is 4.79 Å². The van der Waals surface area contributed by atoms with E-state index in [2.05, 4.69) is 5.32 Å². The lowest BCUT2D eigenvalue weighted by atomic mass is 10.1. The molecule has 0 spiro atoms. The van der Waals surface area contributed by atoms with Gasteiger partial charge in [-0.05, 0) is 12.1 Å². The highest BCUT2D eigenvalue weighted by Crippen LogP contribution is 2.17. The number of amides is 1. The maximum absolute atomic E-state index is 11.9. The van der Waals surface area contributed by atoms with Crippen molar-refractivity contribution in [2.24, 2.45) is 0 Å². The number of ether oxygens (including phenoxy) is 1. The van der Waals surface area contributed by atoms with E-state index >= 15 is 0 Å². The van der Waals surface area contributed by atoms with E-state index in [-0.39, 0.29) is 18.6 Å². The molecule has 18 heavy (non-hydrogen) atoms. The number of carbonyl (C=O) groups is 2. The fraction of sp³-hybridized carbons (Fsp3) is 0.333. The molecular formula is C12H15NO5. The topological polar surface area (TPSA) is 95.9 Å². The Bertz CT molecular complexity index is 432. The van der Waals surface area contributed by atoms with Gasteiger partial charge in [0.25, 0.3) is 5.91 Å². The van der Waals surface area contributed by atoms with Crippen molar-refractivity contribution in [3.05, 3.63) is 29.8 Å². The van der Waals surface area contributed by atoms with Crippen molar-refractivity contribution in [1.29, 1.82) is 0 Å². The molecule has 0 radical (unpaired) electrons. The van der Waals surface area contributed by atoms with Gasteiger partial charge in [0.2, 0.25) is 0 Å². The third kappa shape index (κ3) is 3.46. The van der Waals surface area contributed by atoms with E-state index in [0.29, 0.717) is 5.75 Å². The molecule has 0 unspecified atom stereocenters. The van der Waals surface area contributed by atoms with Crippen molar-refractivity contribution in [3.8, 4) is 5.75 Å². The van der Waals surface area contributed by atoms with Crippen molar-refractivity contribution in [3.63, 3.8) is 0 Å². The van der Waals surface area contributed by atoms with Gasteiger partial charge in [0.05, 0.1) is 12.7 Å². The summed E-state index contributed by atoms with van der Waals surface area (Å²) in [5.41, 5.74) is 0.254. The van der Waals surface area contributed by atoms with E-state index < -0.39 is 17.9 Å². The first-order valence-electron chi connectivity index (χ1n) is 5.37. The van der Waals surface area contributed by atoms with Gasteiger partial charge < -0.3 is 20.3 Å². The molecule has 1 atom stereocenters. The number of benzene rings is 1. The lowest BCUT2D eigenvalue weighted by Crippen LogP contribution is -2.41. The lowest BCUT2D eigenvalue weighted by Gasteiger charge is -2.14. The molecule has 1 rings (SSSR count). The van der Waals surface area contributed by atoms with Crippen molar-refractivity contribution in [2.75, 3.05) is 13.7 Å². The van der Waals surface area contributed by atoms with Gasteiger partial charge in [-0.1, -0.05) is 12.1 Å². The van der Waals surface area contributed by atoms with Crippen LogP contribution in [0.3, 0.4) is 0 Å². The average molecular weight is 253 g/mol. The van der Waals surface area contributed by atoms with Crippen LogP contribution < -0.4 is 10.1 Å². The zero-order chi connectivity index (χ0) is 13.5. The number of carboxylic acid groups (broad SMARTS) is 1. The van der Waals surface area contributed by atoms with Gasteiger partial charge in [-0.25, -0.2) is 4.79 Å². The molecular weight excluding hydrogens is 238 g/mol. The van der Waals surface area contributed by atoms with Crippen LogP contribution in [0.4, 0.5) is 0 Å². The van der Waals surface area contributed by atoms with Crippen LogP contribution in [0.5, 0.6) is 5.75 Å². The molecule has 0 fully saturated rings. The Balaban J connectivity index is 2.83. The zero-order valence-electron chi connectivity index (χ0n) is 9.92. The number of carboxylic acids is 1. The highest BCUT2D eigenvalue weighted by molar-refractivity contribution is 5.98. The minimum atomic E-state index is -1.19. The van der Waals surface area contributed by atoms with Gasteiger partial charge in [0.15, 0.2) is 0 Å². The first-order valence-corrected chi connectivity index (χ1v) is 5.37. The van der Waals surface area contributed by atoms with E-state index in [0.717, 1.165) is 0 Å². The van der Waals surface area contributed by atoms with Crippen LogP contribution in [0.1, 0.15) is 16.8 Å². The van der Waals surface area contributed by atoms with Crippen LogP contribution in [0.15, 0.2) is 24.3 Å². The number of methoxy groups -OCH3 is 1. The number of rotatable bonds is 6. The van der Waals surface area contributed by atoms with Gasteiger partial charge in [-0.2, -0.15) is 0 Å². The standard InChI is InChI=1S/C12H15NO5/c1-18-10-5-3-2-4-8(10)11(15)13-9(6-7-14)12(16)17/h2-5,9,14H,6-7H2,1H3,(H,13,15)(H,16,17)/t9-/m1/s1. The van der Waals surface area contributed by atoms with E-state index in [1.165, 1.54) is 13.2 Å². The van der Waals surface area contributed by atoms with Crippen LogP contribution in [-0.2, 0) is 4.79 Å². The summed E-state index contributed by atoms with van der Waals surface area (Å²) in [6.07, 6.45) is -0.0454. The number of carbonyl (C=O) groups excluding carboxylic acids is 1. The molecule has 3 N–H and O–H groups in total. The summed E-state index contributed by atoms with van der Waals surface area (Å²) < 4.78 is 5.01. The SMILES string of the molecule is COc1ccccc1C(=O)N[C@H](CCO)C(=O)O. The number of para-hydroxylation sites is 1. The van der Waals surface area contributed by atoms with Crippen molar-refractivity contribution >= 4 is 11.9 Å². The predicted octanol–water partition coefficient (Wildman–Crippen LogP) is 0.261. The number of hydrogen-bond donors (Lipinski definition) is 3. The molecule has 6 nitrogen and oxygen atoms in total. The third-order valence-electron chi connectivity index (χ3n) is 2.37. The first kappa shape index (κ1) is 14.0. The highest BCUT2D eigenvalue weighted by Gasteiger charge is 2.21. The molecule has 0 aliphatic heterocycles. The number of aliphatic hydroxyl groups is 1. The molecule has 0 saturated heterocycles. The Morgan fingerprint density at radius 2 is 2.06 bits per heavy atom. The van der Waals surface area contributed by atoms with Crippen molar-refractivity contribution in [2.45, 2.75) is 12.5 Å². The fourth-order valence-electron chi connectivity index (χ4n) is 1.45. The molecule has 0 heterocycles. The largest absolute Gasteiger partial charge is 0.496 e. The van der Waals surface area contributed by atoms with Crippen LogP contribution in [0.25, 0.3) is 0 Å². The van der Waals surface area contributed by atoms with Crippen LogP contribution in [0, 0.1) is 0 Å². The summed E-state index contributed by atoms with van der Waals surface area (Å²) in [5, 5.41) is 19.9. The van der Waals surface area contributed by atoms with Crippen LogP contribution in [0.2, 0.25) is 0 Å². The number of nitrogens with one attached hydrogen (secondary N) is 1. The monoisotopic (exact) mass is 253 g/mol. The fourth-order valence-corrected chi connectivity index (χ4v) is 1.45. The summed E-state index contributed by atoms with van der Waals surface area (Å²) in [6, 6.07) is 5.38. The second kappa shape index (κ2) is 6.61. The van der Waals surface area contributed by atoms with Crippen molar-refractivity contribution in [1.82, 2.24) is 5.32 Å². The van der Waals surface area contributed by atoms with Gasteiger partial charge in [-0.15, -0.1) is 0 Å². The Kier molecular flexibility index (Phi) is 5.13. The van der Waals surface area contributed by atoms with Crippen LogP contribution >= 0.6 is 0 Å². The lowest BCUT2D eigenvalue weighted by molar-refractivity contribution is -0.139. The highest BCUT2D eigenvalue weighted by atomic mass is 16.5. The molecule has 1 amide bonds. The molecule has 0 saturated carbocycles. The maximum atomic E-state index is 11.9. The molecule has 0 bridgehead atoms. The normalized spacial score (nSPS) is 11.7. The minimum Gasteiger partial charge on any atom is -0.496 e. The zero-order valence-corrected chi connectivity index (χ0v) is 9.92. The Morgan fingerprint density at radius 3 is 2.61 bits per heavy atom. The molecule has 1 aromatic carbocycles. The summed E-state index contributed by atoms with van der Waals surface area (Å²) in [5.74, 6) is -1.37. The molecule has 1 aromatic rings. The second-order valence-corrected chi connectivity index (χ2v) is 3.58. The molecule has 98 valence electrons. The quantitative estimate of drug-likeness (QED) is 0.676. The molecule has 0 aliphatic carbocycles. The van der Waals surface area contributed by atoms with E-state index in [9.17, 15) is 9.59 Å². The summed E-state index contributed by atoms with van der Waals surface area (Å²) in [6.45, 7) is -0.316. The average Bonchev–Trinajstić information content (AvgIpc) is 2.37. The first-order chi connectivity index (χ1) is 8.60. The Morgan fingerprint density at radius 1 is 1.39 bits per heavy atom. The molecule has 6 heteroatoms. The second-order valence-electron chi connectivity index (χ2n) is 3.58. The predicted molar refractivity (Wildman–Crippen MR) is 63.6 cm³/mol. The number of aliphatic hydroxyl groups excluding tert-OH is 1. The molecule has 0 aliphatic rings. The molecule has 0 aromatic heterocycles. The number of aliphatic carboxylic acids is 1. The van der Waals surface area contributed by atoms with Crippen LogP contribution in [-0.4, -0.2) is 41.8 Å². The minimum absolute atomic E-state index is 0.0454. The van der Waals surface area contributed by atoms with E-state index in [1.807, 2.05) is 0 Å². The Hall–Kier alpha value is -2.08. The third-order valence-corrected chi connectivity index (χ3v) is 2.37. The maximum Gasteiger partial charge on any atom is 0.326 e. The van der Waals surface area contributed by atoms with Crippen molar-refractivity contribution < 1.29 is 24.5 Å². The van der Waals surface area contributed by atoms with E-state index in [4.69, 9.17) is 14.9 Å². The summed E-state index contributed by atoms with van der Waals surface area (Å²) >= 11 is 0. The Labute approximate surface area is 104 Å². The van der Waals surface area contributed by atoms with Gasteiger partial charge >= 0.3 is 5.97 Å². The summed E-state index contributed by atoms with van der Waals surface area (Å²) in [7, 11) is 1.43. The number of hydrogen-bond acceptors (Lipinski definition) is 4. The van der Waals surface area contributed by atoms with Gasteiger partial charge in [0.1, 0.15) is 11.8 Å².